The third-order valence-corrected chi connectivity index (χ3v) is 3.21. The van der Waals surface area contributed by atoms with Gasteiger partial charge in [0.1, 0.15) is 5.69 Å². The average Bonchev–Trinajstić information content (AvgIpc) is 2.56. The van der Waals surface area contributed by atoms with Gasteiger partial charge in [-0.05, 0) is 29.9 Å². The minimum atomic E-state index is -0.492. The zero-order chi connectivity index (χ0) is 17.4. The van der Waals surface area contributed by atoms with Crippen LogP contribution in [0.15, 0.2) is 64.7 Å². The van der Waals surface area contributed by atoms with Gasteiger partial charge < -0.3 is 5.32 Å². The van der Waals surface area contributed by atoms with Crippen molar-refractivity contribution in [3.05, 3.63) is 75.3 Å². The van der Waals surface area contributed by atoms with E-state index in [9.17, 15) is 10.1 Å². The predicted octanol–water partition coefficient (Wildman–Crippen LogP) is 4.15. The number of allylic oxidation sites excluding steroid dienone is 1. The van der Waals surface area contributed by atoms with E-state index in [1.807, 2.05) is 30.3 Å². The van der Waals surface area contributed by atoms with Gasteiger partial charge in [-0.3, -0.25) is 15.5 Å². The van der Waals surface area contributed by atoms with Gasteiger partial charge in [-0.1, -0.05) is 54.1 Å². The lowest BCUT2D eigenvalue weighted by molar-refractivity contribution is -0.383. The molecule has 2 rings (SSSR count). The summed E-state index contributed by atoms with van der Waals surface area (Å²) in [6.07, 6.45) is 3.13. The van der Waals surface area contributed by atoms with Crippen molar-refractivity contribution in [2.24, 2.45) is 5.10 Å². The van der Waals surface area contributed by atoms with Crippen molar-refractivity contribution in [3.63, 3.8) is 0 Å². The second-order valence-corrected chi connectivity index (χ2v) is 5.38. The monoisotopic (exact) mass is 360 g/mol. The number of rotatable bonds is 5. The van der Waals surface area contributed by atoms with Crippen LogP contribution in [0.4, 0.5) is 11.4 Å². The number of thiocarbonyl (C=S) groups is 1. The lowest BCUT2D eigenvalue weighted by Crippen LogP contribution is -2.24. The second-order valence-electron chi connectivity index (χ2n) is 4.54. The molecule has 0 aliphatic heterocycles. The van der Waals surface area contributed by atoms with Crippen molar-refractivity contribution in [1.82, 2.24) is 5.43 Å². The van der Waals surface area contributed by atoms with E-state index in [0.717, 1.165) is 5.56 Å². The summed E-state index contributed by atoms with van der Waals surface area (Å²) in [4.78, 5) is 10.4. The molecule has 0 fully saturated rings. The van der Waals surface area contributed by atoms with Gasteiger partial charge in [0.25, 0.3) is 5.69 Å². The number of benzene rings is 2. The van der Waals surface area contributed by atoms with E-state index >= 15 is 0 Å². The van der Waals surface area contributed by atoms with Crippen LogP contribution in [0.3, 0.4) is 0 Å². The lowest BCUT2D eigenvalue weighted by Gasteiger charge is -2.07. The van der Waals surface area contributed by atoms with Crippen molar-refractivity contribution in [3.8, 4) is 0 Å². The molecule has 0 aliphatic rings. The van der Waals surface area contributed by atoms with Crippen molar-refractivity contribution in [2.75, 3.05) is 5.32 Å². The van der Waals surface area contributed by atoms with Crippen LogP contribution in [0.2, 0.25) is 0 Å². The first-order valence-electron chi connectivity index (χ1n) is 6.82. The smallest absolute Gasteiger partial charge is 0.292 e. The molecular formula is C16H13ClN4O2S. The number of anilines is 1. The molecule has 0 saturated carbocycles. The minimum absolute atomic E-state index is 0.0763. The van der Waals surface area contributed by atoms with Gasteiger partial charge in [0, 0.05) is 6.07 Å². The Morgan fingerprint density at radius 2 is 1.83 bits per heavy atom. The first-order valence-corrected chi connectivity index (χ1v) is 7.60. The number of para-hydroxylation sites is 2. The zero-order valence-corrected chi connectivity index (χ0v) is 13.9. The molecule has 6 nitrogen and oxygen atoms in total. The van der Waals surface area contributed by atoms with E-state index < -0.39 is 4.92 Å². The van der Waals surface area contributed by atoms with E-state index in [2.05, 4.69) is 15.8 Å². The molecule has 0 bridgehead atoms. The number of hydrogen-bond acceptors (Lipinski definition) is 4. The molecule has 8 heteroatoms. The number of nitrogens with zero attached hydrogens (tertiary/aromatic N) is 2. The highest BCUT2D eigenvalue weighted by Crippen LogP contribution is 2.22. The minimum Gasteiger partial charge on any atom is -0.326 e. The molecular weight excluding hydrogens is 348 g/mol. The quantitative estimate of drug-likeness (QED) is 0.362. The van der Waals surface area contributed by atoms with Crippen LogP contribution in [0, 0.1) is 10.1 Å². The summed E-state index contributed by atoms with van der Waals surface area (Å²) in [6.45, 7) is 0. The maximum atomic E-state index is 10.9. The molecule has 2 N–H and O–H groups in total. The Labute approximate surface area is 149 Å². The number of hydrazone groups is 1. The van der Waals surface area contributed by atoms with Crippen LogP contribution < -0.4 is 10.7 Å². The highest BCUT2D eigenvalue weighted by molar-refractivity contribution is 7.80. The van der Waals surface area contributed by atoms with Gasteiger partial charge in [-0.25, -0.2) is 0 Å². The first kappa shape index (κ1) is 17.6. The van der Waals surface area contributed by atoms with Crippen molar-refractivity contribution in [2.45, 2.75) is 0 Å². The van der Waals surface area contributed by atoms with Gasteiger partial charge in [-0.15, -0.1) is 0 Å². The molecule has 0 heterocycles. The molecule has 0 radical (unpaired) electrons. The third kappa shape index (κ3) is 5.45. The van der Waals surface area contributed by atoms with Crippen LogP contribution in [-0.4, -0.2) is 16.3 Å². The highest BCUT2D eigenvalue weighted by Gasteiger charge is 2.12. The van der Waals surface area contributed by atoms with E-state index in [1.54, 1.807) is 24.3 Å². The Bertz CT molecular complexity index is 794. The van der Waals surface area contributed by atoms with Crippen LogP contribution in [-0.2, 0) is 0 Å². The van der Waals surface area contributed by atoms with Gasteiger partial charge in [0.05, 0.1) is 16.2 Å². The molecule has 0 amide bonds. The van der Waals surface area contributed by atoms with Gasteiger partial charge in [0.15, 0.2) is 5.11 Å². The van der Waals surface area contributed by atoms with E-state index in [4.69, 9.17) is 23.8 Å². The molecule has 2 aromatic carbocycles. The Kier molecular flexibility index (Phi) is 6.41. The highest BCUT2D eigenvalue weighted by atomic mass is 35.5. The van der Waals surface area contributed by atoms with Crippen molar-refractivity contribution in [1.29, 1.82) is 0 Å². The summed E-state index contributed by atoms with van der Waals surface area (Å²) in [5.41, 5.74) is 3.70. The number of nitro groups is 1. The largest absolute Gasteiger partial charge is 0.326 e. The van der Waals surface area contributed by atoms with Gasteiger partial charge in [-0.2, -0.15) is 5.10 Å². The number of hydrogen-bond donors (Lipinski definition) is 2. The topological polar surface area (TPSA) is 79.6 Å². The van der Waals surface area contributed by atoms with Crippen LogP contribution in [0.25, 0.3) is 6.08 Å². The molecule has 0 aliphatic carbocycles. The van der Waals surface area contributed by atoms with Crippen molar-refractivity contribution < 1.29 is 4.92 Å². The SMILES string of the molecule is O=[N+]([O-])c1ccccc1NC(=S)N/N=C\C(Cl)=C\c1ccccc1. The fourth-order valence-electron chi connectivity index (χ4n) is 1.79. The maximum absolute atomic E-state index is 10.9. The van der Waals surface area contributed by atoms with Gasteiger partial charge >= 0.3 is 0 Å². The number of nitrogens with one attached hydrogen (secondary N) is 2. The Balaban J connectivity index is 1.94. The Morgan fingerprint density at radius 3 is 2.54 bits per heavy atom. The third-order valence-electron chi connectivity index (χ3n) is 2.81. The number of nitro benzene ring substituents is 1. The van der Waals surface area contributed by atoms with E-state index in [1.165, 1.54) is 12.3 Å². The van der Waals surface area contributed by atoms with Crippen molar-refractivity contribution >= 4 is 52.6 Å². The van der Waals surface area contributed by atoms with E-state index in [-0.39, 0.29) is 16.5 Å². The zero-order valence-electron chi connectivity index (χ0n) is 12.3. The fourth-order valence-corrected chi connectivity index (χ4v) is 2.12. The van der Waals surface area contributed by atoms with Crippen LogP contribution >= 0.6 is 23.8 Å². The molecule has 0 aromatic heterocycles. The molecule has 2 aromatic rings. The molecule has 24 heavy (non-hydrogen) atoms. The summed E-state index contributed by atoms with van der Waals surface area (Å²) in [6, 6.07) is 15.7. The average molecular weight is 361 g/mol. The van der Waals surface area contributed by atoms with Gasteiger partial charge in [0.2, 0.25) is 0 Å². The van der Waals surface area contributed by atoms with E-state index in [0.29, 0.717) is 5.03 Å². The lowest BCUT2D eigenvalue weighted by atomic mass is 10.2. The molecule has 122 valence electrons. The molecule has 0 atom stereocenters. The standard InChI is InChI=1S/C16H13ClN4O2S/c17-13(10-12-6-2-1-3-7-12)11-18-20-16(24)19-14-8-4-5-9-15(14)21(22)23/h1-11H,(H2,19,20,24)/b13-10-,18-11-. The second kappa shape index (κ2) is 8.76. The Hall–Kier alpha value is -2.77. The molecule has 0 spiro atoms. The summed E-state index contributed by atoms with van der Waals surface area (Å²) in [5, 5.41) is 18.1. The maximum Gasteiger partial charge on any atom is 0.292 e. The van der Waals surface area contributed by atoms with Crippen LogP contribution in [0.5, 0.6) is 0 Å². The normalized spacial score (nSPS) is 11.3. The summed E-state index contributed by atoms with van der Waals surface area (Å²) in [7, 11) is 0. The van der Waals surface area contributed by atoms with Crippen LogP contribution in [0.1, 0.15) is 5.56 Å². The molecule has 0 saturated heterocycles. The summed E-state index contributed by atoms with van der Waals surface area (Å²) >= 11 is 11.1. The summed E-state index contributed by atoms with van der Waals surface area (Å²) in [5.74, 6) is 0. The summed E-state index contributed by atoms with van der Waals surface area (Å²) < 4.78 is 0. The molecule has 0 unspecified atom stereocenters. The first-order chi connectivity index (χ1) is 11.6. The fraction of sp³-hybridized carbons (Fsp3) is 0. The Morgan fingerprint density at radius 1 is 1.17 bits per heavy atom. The number of halogens is 1. The predicted molar refractivity (Wildman–Crippen MR) is 101 cm³/mol.